The summed E-state index contributed by atoms with van der Waals surface area (Å²) in [5.41, 5.74) is 6.45. The number of carbonyl (C=O) groups excluding carboxylic acids is 2. The number of aliphatic carboxylic acids is 1. The molecule has 114 valence electrons. The maximum absolute atomic E-state index is 12.0. The summed E-state index contributed by atoms with van der Waals surface area (Å²) < 4.78 is 0. The van der Waals surface area contributed by atoms with Crippen LogP contribution in [0, 0.1) is 0 Å². The number of thioether (sulfide) groups is 1. The second-order valence-electron chi connectivity index (χ2n) is 4.50. The van der Waals surface area contributed by atoms with Gasteiger partial charge in [-0.05, 0) is 30.4 Å². The molecule has 0 aliphatic heterocycles. The zero-order valence-corrected chi connectivity index (χ0v) is 12.5. The molecule has 4 N–H and O–H groups in total. The zero-order chi connectivity index (χ0) is 15.8. The molecule has 0 heterocycles. The van der Waals surface area contributed by atoms with Crippen LogP contribution in [-0.4, -0.2) is 35.2 Å². The highest BCUT2D eigenvalue weighted by molar-refractivity contribution is 7.97. The van der Waals surface area contributed by atoms with Crippen molar-refractivity contribution in [2.75, 3.05) is 6.26 Å². The standard InChI is InChI=1S/C14H18N2O4S/c1-21-8-9-2-4-10(5-3-9)13(18)16-11(14(19)20)6-7-12(15)17/h2-5,11H,6-8H2,1H3,(H2,15,17)(H,16,18)(H,19,20)/t11-/m1/s1. The number of hydrogen-bond acceptors (Lipinski definition) is 4. The molecular weight excluding hydrogens is 292 g/mol. The number of rotatable bonds is 8. The van der Waals surface area contributed by atoms with Gasteiger partial charge in [0, 0.05) is 17.7 Å². The average Bonchev–Trinajstić information content (AvgIpc) is 2.43. The molecule has 0 aliphatic rings. The summed E-state index contributed by atoms with van der Waals surface area (Å²) in [6, 6.07) is 5.81. The lowest BCUT2D eigenvalue weighted by Crippen LogP contribution is -2.41. The molecule has 7 heteroatoms. The maximum atomic E-state index is 12.0. The van der Waals surface area contributed by atoms with E-state index in [9.17, 15) is 14.4 Å². The second-order valence-corrected chi connectivity index (χ2v) is 5.37. The van der Waals surface area contributed by atoms with Crippen molar-refractivity contribution >= 4 is 29.5 Å². The number of carboxylic acid groups (broad SMARTS) is 1. The Kier molecular flexibility index (Phi) is 6.74. The number of carbonyl (C=O) groups is 3. The van der Waals surface area contributed by atoms with E-state index in [4.69, 9.17) is 10.8 Å². The van der Waals surface area contributed by atoms with Gasteiger partial charge in [-0.2, -0.15) is 11.8 Å². The van der Waals surface area contributed by atoms with Crippen LogP contribution in [0.1, 0.15) is 28.8 Å². The summed E-state index contributed by atoms with van der Waals surface area (Å²) in [6.45, 7) is 0. The first kappa shape index (κ1) is 17.0. The molecule has 0 saturated carbocycles. The SMILES string of the molecule is CSCc1ccc(C(=O)N[C@H](CCC(N)=O)C(=O)O)cc1. The van der Waals surface area contributed by atoms with Gasteiger partial charge < -0.3 is 16.2 Å². The molecule has 0 saturated heterocycles. The van der Waals surface area contributed by atoms with Gasteiger partial charge in [-0.15, -0.1) is 0 Å². The molecule has 0 bridgehead atoms. The Balaban J connectivity index is 2.67. The summed E-state index contributed by atoms with van der Waals surface area (Å²) in [5.74, 6) is -1.43. The Morgan fingerprint density at radius 3 is 2.38 bits per heavy atom. The first-order valence-corrected chi connectivity index (χ1v) is 7.73. The predicted molar refractivity (Wildman–Crippen MR) is 81.0 cm³/mol. The number of hydrogen-bond donors (Lipinski definition) is 3. The van der Waals surface area contributed by atoms with Crippen molar-refractivity contribution in [3.05, 3.63) is 35.4 Å². The molecular formula is C14H18N2O4S. The van der Waals surface area contributed by atoms with Crippen molar-refractivity contribution in [1.82, 2.24) is 5.32 Å². The highest BCUT2D eigenvalue weighted by Gasteiger charge is 2.21. The minimum Gasteiger partial charge on any atom is -0.480 e. The van der Waals surface area contributed by atoms with E-state index < -0.39 is 23.8 Å². The molecule has 6 nitrogen and oxygen atoms in total. The van der Waals surface area contributed by atoms with Crippen molar-refractivity contribution in [2.24, 2.45) is 5.73 Å². The molecule has 1 rings (SSSR count). The van der Waals surface area contributed by atoms with E-state index in [0.717, 1.165) is 11.3 Å². The van der Waals surface area contributed by atoms with Crippen LogP contribution in [-0.2, 0) is 15.3 Å². The molecule has 0 unspecified atom stereocenters. The summed E-state index contributed by atoms with van der Waals surface area (Å²) in [6.07, 6.45) is 1.86. The summed E-state index contributed by atoms with van der Waals surface area (Å²) >= 11 is 1.67. The topological polar surface area (TPSA) is 109 Å². The number of primary amides is 1. The molecule has 2 amide bonds. The minimum atomic E-state index is -1.19. The first-order chi connectivity index (χ1) is 9.93. The van der Waals surface area contributed by atoms with Gasteiger partial charge in [0.15, 0.2) is 0 Å². The molecule has 1 atom stereocenters. The Hall–Kier alpha value is -2.02. The van der Waals surface area contributed by atoms with E-state index >= 15 is 0 Å². The third-order valence-electron chi connectivity index (χ3n) is 2.81. The van der Waals surface area contributed by atoms with E-state index in [1.165, 1.54) is 0 Å². The Morgan fingerprint density at radius 1 is 1.29 bits per heavy atom. The van der Waals surface area contributed by atoms with Crippen LogP contribution in [0.2, 0.25) is 0 Å². The number of amides is 2. The van der Waals surface area contributed by atoms with Crippen LogP contribution >= 0.6 is 11.8 Å². The first-order valence-electron chi connectivity index (χ1n) is 6.34. The van der Waals surface area contributed by atoms with E-state index in [0.29, 0.717) is 5.56 Å². The lowest BCUT2D eigenvalue weighted by atomic mass is 10.1. The highest BCUT2D eigenvalue weighted by Crippen LogP contribution is 2.11. The summed E-state index contributed by atoms with van der Waals surface area (Å²) in [5, 5.41) is 11.4. The fourth-order valence-electron chi connectivity index (χ4n) is 1.70. The Bertz CT molecular complexity index is 516. The Morgan fingerprint density at radius 2 is 1.90 bits per heavy atom. The number of benzene rings is 1. The minimum absolute atomic E-state index is 0.0268. The van der Waals surface area contributed by atoms with Gasteiger partial charge in [0.05, 0.1) is 0 Å². The van der Waals surface area contributed by atoms with Crippen molar-refractivity contribution in [1.29, 1.82) is 0 Å². The van der Waals surface area contributed by atoms with Crippen LogP contribution in [0.15, 0.2) is 24.3 Å². The smallest absolute Gasteiger partial charge is 0.326 e. The summed E-state index contributed by atoms with van der Waals surface area (Å²) in [7, 11) is 0. The Labute approximate surface area is 127 Å². The molecule has 0 fully saturated rings. The predicted octanol–water partition coefficient (Wildman–Crippen LogP) is 0.998. The van der Waals surface area contributed by atoms with Gasteiger partial charge in [0.25, 0.3) is 5.91 Å². The molecule has 21 heavy (non-hydrogen) atoms. The second kappa shape index (κ2) is 8.31. The van der Waals surface area contributed by atoms with Crippen LogP contribution in [0.3, 0.4) is 0 Å². The third kappa shape index (κ3) is 5.86. The van der Waals surface area contributed by atoms with Crippen LogP contribution in [0.5, 0.6) is 0 Å². The highest BCUT2D eigenvalue weighted by atomic mass is 32.2. The fraction of sp³-hybridized carbons (Fsp3) is 0.357. The van der Waals surface area contributed by atoms with Gasteiger partial charge in [-0.3, -0.25) is 9.59 Å². The molecule has 0 spiro atoms. The normalized spacial score (nSPS) is 11.7. The van der Waals surface area contributed by atoms with Crippen LogP contribution in [0.4, 0.5) is 0 Å². The van der Waals surface area contributed by atoms with E-state index in [1.54, 1.807) is 23.9 Å². The third-order valence-corrected chi connectivity index (χ3v) is 3.43. The van der Waals surface area contributed by atoms with Crippen molar-refractivity contribution in [2.45, 2.75) is 24.6 Å². The maximum Gasteiger partial charge on any atom is 0.326 e. The van der Waals surface area contributed by atoms with Crippen molar-refractivity contribution in [3.8, 4) is 0 Å². The lowest BCUT2D eigenvalue weighted by Gasteiger charge is -2.13. The van der Waals surface area contributed by atoms with Crippen molar-refractivity contribution in [3.63, 3.8) is 0 Å². The lowest BCUT2D eigenvalue weighted by molar-refractivity contribution is -0.139. The largest absolute Gasteiger partial charge is 0.480 e. The van der Waals surface area contributed by atoms with Crippen LogP contribution in [0.25, 0.3) is 0 Å². The van der Waals surface area contributed by atoms with Gasteiger partial charge in [-0.25, -0.2) is 4.79 Å². The number of carboxylic acids is 1. The molecule has 0 aliphatic carbocycles. The molecule has 0 radical (unpaired) electrons. The quantitative estimate of drug-likeness (QED) is 0.663. The molecule has 1 aromatic rings. The molecule has 1 aromatic carbocycles. The van der Waals surface area contributed by atoms with Crippen molar-refractivity contribution < 1.29 is 19.5 Å². The number of nitrogens with one attached hydrogen (secondary N) is 1. The fourth-order valence-corrected chi connectivity index (χ4v) is 2.23. The number of nitrogens with two attached hydrogens (primary N) is 1. The zero-order valence-electron chi connectivity index (χ0n) is 11.7. The van der Waals surface area contributed by atoms with Gasteiger partial charge >= 0.3 is 5.97 Å². The summed E-state index contributed by atoms with van der Waals surface area (Å²) in [4.78, 5) is 33.7. The van der Waals surface area contributed by atoms with E-state index in [-0.39, 0.29) is 12.8 Å². The van der Waals surface area contributed by atoms with Crippen LogP contribution < -0.4 is 11.1 Å². The van der Waals surface area contributed by atoms with Gasteiger partial charge in [0.1, 0.15) is 6.04 Å². The van der Waals surface area contributed by atoms with Gasteiger partial charge in [-0.1, -0.05) is 12.1 Å². The van der Waals surface area contributed by atoms with Gasteiger partial charge in [0.2, 0.25) is 5.91 Å². The van der Waals surface area contributed by atoms with E-state index in [1.807, 2.05) is 18.4 Å². The van der Waals surface area contributed by atoms with E-state index in [2.05, 4.69) is 5.32 Å². The monoisotopic (exact) mass is 310 g/mol. The molecule has 0 aromatic heterocycles. The average molecular weight is 310 g/mol.